The minimum Gasteiger partial charge on any atom is -0.292 e. The number of imidazole rings is 1. The lowest BCUT2D eigenvalue weighted by molar-refractivity contribution is 1.11. The monoisotopic (exact) mass is 550 g/mol. The molecule has 8 aromatic rings. The number of aromatic nitrogens is 4. The Balaban J connectivity index is 1.38. The molecule has 0 amide bonds. The van der Waals surface area contributed by atoms with Crippen molar-refractivity contribution < 1.29 is 0 Å². The molecule has 6 aromatic carbocycles. The summed E-state index contributed by atoms with van der Waals surface area (Å²) in [6.07, 6.45) is 0. The predicted molar refractivity (Wildman–Crippen MR) is 176 cm³/mol. The second kappa shape index (κ2) is 10.5. The highest BCUT2D eigenvalue weighted by atomic mass is 15.1. The molecule has 0 saturated heterocycles. The van der Waals surface area contributed by atoms with E-state index in [1.807, 2.05) is 48.5 Å². The number of rotatable bonds is 5. The van der Waals surface area contributed by atoms with Crippen molar-refractivity contribution in [2.75, 3.05) is 0 Å². The fraction of sp³-hybridized carbons (Fsp3) is 0. The van der Waals surface area contributed by atoms with Crippen LogP contribution in [-0.2, 0) is 0 Å². The van der Waals surface area contributed by atoms with Crippen LogP contribution in [0.2, 0.25) is 0 Å². The molecule has 4 heteroatoms. The van der Waals surface area contributed by atoms with Crippen LogP contribution in [0.4, 0.5) is 0 Å². The number of benzene rings is 6. The molecule has 4 nitrogen and oxygen atoms in total. The summed E-state index contributed by atoms with van der Waals surface area (Å²) in [7, 11) is 0. The van der Waals surface area contributed by atoms with E-state index in [2.05, 4.69) is 114 Å². The number of fused-ring (bicyclic) bond motifs is 2. The zero-order chi connectivity index (χ0) is 28.6. The highest BCUT2D eigenvalue weighted by molar-refractivity contribution is 6.02. The SMILES string of the molecule is c1ccc(-c2cc(-c3ccccc3)nc(-c3ccc(-n4c(-c5ccccc5)nc5ccccc54)c4ccccc34)n2)cc1. The lowest BCUT2D eigenvalue weighted by Gasteiger charge is -2.16. The molecule has 8 rings (SSSR count). The third-order valence-corrected chi connectivity index (χ3v) is 7.84. The van der Waals surface area contributed by atoms with Gasteiger partial charge in [0.15, 0.2) is 5.82 Å². The van der Waals surface area contributed by atoms with Crippen molar-refractivity contribution in [3.63, 3.8) is 0 Å². The minimum absolute atomic E-state index is 0.696. The van der Waals surface area contributed by atoms with E-state index in [0.29, 0.717) is 5.82 Å². The van der Waals surface area contributed by atoms with Crippen molar-refractivity contribution in [1.82, 2.24) is 19.5 Å². The van der Waals surface area contributed by atoms with Gasteiger partial charge in [0.25, 0.3) is 0 Å². The first kappa shape index (κ1) is 24.9. The van der Waals surface area contributed by atoms with E-state index in [1.165, 1.54) is 0 Å². The van der Waals surface area contributed by atoms with Crippen LogP contribution in [0.1, 0.15) is 0 Å². The van der Waals surface area contributed by atoms with Crippen LogP contribution in [0, 0.1) is 0 Å². The maximum Gasteiger partial charge on any atom is 0.161 e. The fourth-order valence-electron chi connectivity index (χ4n) is 5.81. The van der Waals surface area contributed by atoms with Crippen molar-refractivity contribution in [2.24, 2.45) is 0 Å². The number of para-hydroxylation sites is 2. The summed E-state index contributed by atoms with van der Waals surface area (Å²) in [5.41, 5.74) is 9.04. The first-order chi connectivity index (χ1) is 21.3. The molecule has 2 aromatic heterocycles. The lowest BCUT2D eigenvalue weighted by Crippen LogP contribution is -2.01. The Labute approximate surface area is 249 Å². The second-order valence-electron chi connectivity index (χ2n) is 10.5. The zero-order valence-electron chi connectivity index (χ0n) is 23.3. The van der Waals surface area contributed by atoms with E-state index in [0.717, 1.165) is 67.0 Å². The molecule has 0 atom stereocenters. The van der Waals surface area contributed by atoms with E-state index in [9.17, 15) is 0 Å². The summed E-state index contributed by atoms with van der Waals surface area (Å²) in [5, 5.41) is 2.19. The number of hydrogen-bond donors (Lipinski definition) is 0. The van der Waals surface area contributed by atoms with Gasteiger partial charge in [0.05, 0.1) is 28.1 Å². The Kier molecular flexibility index (Phi) is 6.08. The Hall–Kier alpha value is -5.87. The quantitative estimate of drug-likeness (QED) is 0.214. The second-order valence-corrected chi connectivity index (χ2v) is 10.5. The highest BCUT2D eigenvalue weighted by Gasteiger charge is 2.19. The fourth-order valence-corrected chi connectivity index (χ4v) is 5.81. The summed E-state index contributed by atoms with van der Waals surface area (Å²) in [4.78, 5) is 15.3. The van der Waals surface area contributed by atoms with Gasteiger partial charge in [-0.15, -0.1) is 0 Å². The molecule has 0 fully saturated rings. The minimum atomic E-state index is 0.696. The number of hydrogen-bond acceptors (Lipinski definition) is 3. The van der Waals surface area contributed by atoms with Crippen molar-refractivity contribution in [3.8, 4) is 51.0 Å². The van der Waals surface area contributed by atoms with Gasteiger partial charge in [-0.25, -0.2) is 15.0 Å². The van der Waals surface area contributed by atoms with Crippen LogP contribution in [-0.4, -0.2) is 19.5 Å². The van der Waals surface area contributed by atoms with E-state index in [4.69, 9.17) is 15.0 Å². The van der Waals surface area contributed by atoms with Crippen molar-refractivity contribution in [1.29, 1.82) is 0 Å². The number of nitrogens with zero attached hydrogens (tertiary/aromatic N) is 4. The van der Waals surface area contributed by atoms with Gasteiger partial charge in [0.2, 0.25) is 0 Å². The van der Waals surface area contributed by atoms with Crippen LogP contribution in [0.5, 0.6) is 0 Å². The molecule has 2 heterocycles. The van der Waals surface area contributed by atoms with Gasteiger partial charge in [0.1, 0.15) is 5.82 Å². The van der Waals surface area contributed by atoms with Gasteiger partial charge < -0.3 is 0 Å². The highest BCUT2D eigenvalue weighted by Crippen LogP contribution is 2.37. The molecule has 0 saturated carbocycles. The summed E-state index contributed by atoms with van der Waals surface area (Å²) in [6.45, 7) is 0. The van der Waals surface area contributed by atoms with Crippen molar-refractivity contribution in [3.05, 3.63) is 158 Å². The van der Waals surface area contributed by atoms with Gasteiger partial charge in [-0.2, -0.15) is 0 Å². The molecule has 43 heavy (non-hydrogen) atoms. The molecule has 0 bridgehead atoms. The molecule has 0 aliphatic rings. The molecule has 0 N–H and O–H groups in total. The van der Waals surface area contributed by atoms with Gasteiger partial charge in [-0.1, -0.05) is 127 Å². The van der Waals surface area contributed by atoms with Gasteiger partial charge in [0, 0.05) is 27.6 Å². The molecule has 0 unspecified atom stereocenters. The summed E-state index contributed by atoms with van der Waals surface area (Å²) < 4.78 is 2.27. The molecule has 0 spiro atoms. The van der Waals surface area contributed by atoms with E-state index < -0.39 is 0 Å². The van der Waals surface area contributed by atoms with Crippen molar-refractivity contribution >= 4 is 21.8 Å². The van der Waals surface area contributed by atoms with Crippen LogP contribution < -0.4 is 0 Å². The molecule has 0 aliphatic heterocycles. The standard InChI is InChI=1S/C39H26N4/c1-4-14-27(15-5-1)34-26-35(28-16-6-2-7-17-28)41-38(40-34)32-24-25-36(31-21-11-10-20-30(31)32)43-37-23-13-12-22-33(37)42-39(43)29-18-8-3-9-19-29/h1-26H. The maximum absolute atomic E-state index is 5.13. The normalized spacial score (nSPS) is 11.3. The molecule has 202 valence electrons. The third kappa shape index (κ3) is 4.46. The first-order valence-electron chi connectivity index (χ1n) is 14.4. The largest absolute Gasteiger partial charge is 0.292 e. The molecule has 0 radical (unpaired) electrons. The van der Waals surface area contributed by atoms with Gasteiger partial charge in [-0.3, -0.25) is 4.57 Å². The third-order valence-electron chi connectivity index (χ3n) is 7.84. The van der Waals surface area contributed by atoms with E-state index in [-0.39, 0.29) is 0 Å². The lowest BCUT2D eigenvalue weighted by atomic mass is 10.0. The first-order valence-corrected chi connectivity index (χ1v) is 14.4. The van der Waals surface area contributed by atoms with E-state index in [1.54, 1.807) is 0 Å². The Morgan fingerprint density at radius 2 is 0.953 bits per heavy atom. The van der Waals surface area contributed by atoms with Crippen LogP contribution in [0.15, 0.2) is 158 Å². The maximum atomic E-state index is 5.13. The van der Waals surface area contributed by atoms with Gasteiger partial charge in [-0.05, 0) is 35.7 Å². The Morgan fingerprint density at radius 1 is 0.419 bits per heavy atom. The average Bonchev–Trinajstić information content (AvgIpc) is 3.48. The summed E-state index contributed by atoms with van der Waals surface area (Å²) in [5.74, 6) is 1.61. The molecular weight excluding hydrogens is 524 g/mol. The summed E-state index contributed by atoms with van der Waals surface area (Å²) >= 11 is 0. The Bertz CT molecular complexity index is 2160. The molecular formula is C39H26N4. The zero-order valence-corrected chi connectivity index (χ0v) is 23.3. The summed E-state index contributed by atoms with van der Waals surface area (Å²) in [6, 6.07) is 54.2. The van der Waals surface area contributed by atoms with Crippen LogP contribution >= 0.6 is 0 Å². The smallest absolute Gasteiger partial charge is 0.161 e. The van der Waals surface area contributed by atoms with Crippen LogP contribution in [0.25, 0.3) is 72.8 Å². The Morgan fingerprint density at radius 3 is 1.60 bits per heavy atom. The average molecular weight is 551 g/mol. The van der Waals surface area contributed by atoms with Crippen LogP contribution in [0.3, 0.4) is 0 Å². The van der Waals surface area contributed by atoms with E-state index >= 15 is 0 Å². The predicted octanol–water partition coefficient (Wildman–Crippen LogP) is 9.64. The van der Waals surface area contributed by atoms with Crippen molar-refractivity contribution in [2.45, 2.75) is 0 Å². The molecule has 0 aliphatic carbocycles. The van der Waals surface area contributed by atoms with Gasteiger partial charge >= 0.3 is 0 Å². The topological polar surface area (TPSA) is 43.6 Å².